The van der Waals surface area contributed by atoms with Crippen molar-refractivity contribution < 1.29 is 31.8 Å². The van der Waals surface area contributed by atoms with Crippen LogP contribution in [0.4, 0.5) is 23.5 Å². The predicted octanol–water partition coefficient (Wildman–Crippen LogP) is 3.39. The average molecular weight is 460 g/mol. The number of halogens is 4. The molecule has 5 rings (SSSR count). The average Bonchev–Trinajstić information content (AvgIpc) is 3.31. The molecule has 0 unspecified atom stereocenters. The van der Waals surface area contributed by atoms with Crippen molar-refractivity contribution in [1.82, 2.24) is 14.9 Å². The highest BCUT2D eigenvalue weighted by atomic mass is 19.2. The van der Waals surface area contributed by atoms with Crippen LogP contribution in [-0.2, 0) is 0 Å². The molecule has 2 aromatic carbocycles. The fourth-order valence-corrected chi connectivity index (χ4v) is 3.75. The first-order valence-corrected chi connectivity index (χ1v) is 10.0. The molecule has 1 fully saturated rings. The summed E-state index contributed by atoms with van der Waals surface area (Å²) in [7, 11) is 0. The molecule has 7 nitrogen and oxygen atoms in total. The largest absolute Gasteiger partial charge is 0.454 e. The first-order chi connectivity index (χ1) is 15.9. The number of fused-ring (bicyclic) bond motifs is 1. The summed E-state index contributed by atoms with van der Waals surface area (Å²) < 4.78 is 65.7. The van der Waals surface area contributed by atoms with Gasteiger partial charge in [0.1, 0.15) is 5.56 Å². The van der Waals surface area contributed by atoms with Crippen molar-refractivity contribution in [2.45, 2.75) is 0 Å². The maximum Gasteiger partial charge on any atom is 0.260 e. The summed E-state index contributed by atoms with van der Waals surface area (Å²) in [6, 6.07) is 7.26. The minimum atomic E-state index is -1.71. The summed E-state index contributed by atoms with van der Waals surface area (Å²) >= 11 is 0. The zero-order valence-electron chi connectivity index (χ0n) is 17.0. The van der Waals surface area contributed by atoms with Crippen LogP contribution in [0.25, 0.3) is 11.3 Å². The number of hydrogen-bond acceptors (Lipinski definition) is 6. The lowest BCUT2D eigenvalue weighted by molar-refractivity contribution is 0.0733. The number of ether oxygens (including phenoxy) is 2. The van der Waals surface area contributed by atoms with Crippen LogP contribution in [0.2, 0.25) is 0 Å². The summed E-state index contributed by atoms with van der Waals surface area (Å²) in [6.45, 7) is 0.808. The Morgan fingerprint density at radius 1 is 0.879 bits per heavy atom. The second kappa shape index (κ2) is 8.23. The molecular weight excluding hydrogens is 444 g/mol. The fourth-order valence-electron chi connectivity index (χ4n) is 3.75. The van der Waals surface area contributed by atoms with E-state index < -0.39 is 34.7 Å². The van der Waals surface area contributed by atoms with Gasteiger partial charge in [-0.05, 0) is 24.3 Å². The molecule has 3 aromatic rings. The molecule has 0 radical (unpaired) electrons. The van der Waals surface area contributed by atoms with Gasteiger partial charge in [0, 0.05) is 44.0 Å². The monoisotopic (exact) mass is 460 g/mol. The van der Waals surface area contributed by atoms with Gasteiger partial charge in [0.25, 0.3) is 5.91 Å². The minimum Gasteiger partial charge on any atom is -0.454 e. The van der Waals surface area contributed by atoms with E-state index in [2.05, 4.69) is 9.97 Å². The third kappa shape index (κ3) is 3.79. The Labute approximate surface area is 185 Å². The Morgan fingerprint density at radius 3 is 2.30 bits per heavy atom. The van der Waals surface area contributed by atoms with E-state index in [0.29, 0.717) is 23.1 Å². The van der Waals surface area contributed by atoms with Crippen molar-refractivity contribution in [2.75, 3.05) is 37.9 Å². The summed E-state index contributed by atoms with van der Waals surface area (Å²) in [6.07, 6.45) is 1.60. The first kappa shape index (κ1) is 21.0. The minimum absolute atomic E-state index is 0.0630. The van der Waals surface area contributed by atoms with Gasteiger partial charge >= 0.3 is 0 Å². The zero-order valence-corrected chi connectivity index (χ0v) is 17.0. The number of amides is 1. The highest BCUT2D eigenvalue weighted by molar-refractivity contribution is 5.95. The predicted molar refractivity (Wildman–Crippen MR) is 108 cm³/mol. The highest BCUT2D eigenvalue weighted by Gasteiger charge is 2.31. The van der Waals surface area contributed by atoms with E-state index in [1.165, 1.54) is 0 Å². The molecule has 11 heteroatoms. The number of nitrogens with zero attached hydrogens (tertiary/aromatic N) is 4. The van der Waals surface area contributed by atoms with E-state index in [1.54, 1.807) is 23.2 Å². The standard InChI is InChI=1S/C22H16F4N4O3/c23-13-10-14(24)20(26)18(19(13)25)21(31)29-5-7-30(8-6-29)22-27-4-3-15(28-22)12-1-2-16-17(9-12)33-11-32-16/h1-4,9-10H,5-8,11H2. The summed E-state index contributed by atoms with van der Waals surface area (Å²) in [5.41, 5.74) is 0.217. The molecule has 0 N–H and O–H groups in total. The smallest absolute Gasteiger partial charge is 0.260 e. The molecular formula is C22H16F4N4O3. The van der Waals surface area contributed by atoms with Gasteiger partial charge in [-0.15, -0.1) is 0 Å². The topological polar surface area (TPSA) is 67.8 Å². The van der Waals surface area contributed by atoms with Gasteiger partial charge in [0.15, 0.2) is 34.8 Å². The van der Waals surface area contributed by atoms with Crippen molar-refractivity contribution in [1.29, 1.82) is 0 Å². The number of benzene rings is 2. The Morgan fingerprint density at radius 2 is 1.58 bits per heavy atom. The molecule has 0 spiro atoms. The number of aromatic nitrogens is 2. The number of carbonyl (C=O) groups is 1. The lowest BCUT2D eigenvalue weighted by Crippen LogP contribution is -2.49. The molecule has 1 amide bonds. The van der Waals surface area contributed by atoms with Crippen LogP contribution in [0.5, 0.6) is 11.5 Å². The van der Waals surface area contributed by atoms with Crippen molar-refractivity contribution >= 4 is 11.9 Å². The van der Waals surface area contributed by atoms with Crippen LogP contribution in [0, 0.1) is 23.3 Å². The number of carbonyl (C=O) groups excluding carboxylic acids is 1. The molecule has 0 saturated carbocycles. The lowest BCUT2D eigenvalue weighted by Gasteiger charge is -2.35. The van der Waals surface area contributed by atoms with Gasteiger partial charge < -0.3 is 19.3 Å². The molecule has 3 heterocycles. The van der Waals surface area contributed by atoms with E-state index in [4.69, 9.17) is 9.47 Å². The van der Waals surface area contributed by atoms with Crippen molar-refractivity contribution in [3.63, 3.8) is 0 Å². The Kier molecular flexibility index (Phi) is 5.23. The van der Waals surface area contributed by atoms with E-state index in [0.717, 1.165) is 10.5 Å². The molecule has 0 aliphatic carbocycles. The van der Waals surface area contributed by atoms with Crippen LogP contribution in [0.15, 0.2) is 36.5 Å². The molecule has 33 heavy (non-hydrogen) atoms. The van der Waals surface area contributed by atoms with Gasteiger partial charge in [-0.1, -0.05) is 0 Å². The van der Waals surface area contributed by atoms with Crippen molar-refractivity contribution in [3.05, 3.63) is 65.4 Å². The lowest BCUT2D eigenvalue weighted by atomic mass is 10.1. The van der Waals surface area contributed by atoms with Gasteiger partial charge in [-0.3, -0.25) is 4.79 Å². The van der Waals surface area contributed by atoms with Crippen LogP contribution < -0.4 is 14.4 Å². The molecule has 1 saturated heterocycles. The highest BCUT2D eigenvalue weighted by Crippen LogP contribution is 2.35. The van der Waals surface area contributed by atoms with Crippen LogP contribution in [-0.4, -0.2) is 53.7 Å². The van der Waals surface area contributed by atoms with Crippen LogP contribution in [0.1, 0.15) is 10.4 Å². The van der Waals surface area contributed by atoms with Crippen LogP contribution in [0.3, 0.4) is 0 Å². The summed E-state index contributed by atoms with van der Waals surface area (Å²) in [4.78, 5) is 24.3. The summed E-state index contributed by atoms with van der Waals surface area (Å²) in [5.74, 6) is -6.09. The Bertz CT molecular complexity index is 1220. The Balaban J connectivity index is 1.31. The van der Waals surface area contributed by atoms with Gasteiger partial charge in [0.05, 0.1) is 5.69 Å². The first-order valence-electron chi connectivity index (χ1n) is 10.0. The Hall–Kier alpha value is -3.89. The molecule has 170 valence electrons. The van der Waals surface area contributed by atoms with Gasteiger partial charge in [0.2, 0.25) is 12.7 Å². The number of hydrogen-bond donors (Lipinski definition) is 0. The fraction of sp³-hybridized carbons (Fsp3) is 0.227. The van der Waals surface area contributed by atoms with E-state index in [1.807, 2.05) is 12.1 Å². The molecule has 1 aromatic heterocycles. The third-order valence-electron chi connectivity index (χ3n) is 5.49. The van der Waals surface area contributed by atoms with Crippen molar-refractivity contribution in [3.8, 4) is 22.8 Å². The van der Waals surface area contributed by atoms with E-state index in [9.17, 15) is 22.4 Å². The quantitative estimate of drug-likeness (QED) is 0.441. The molecule has 0 bridgehead atoms. The third-order valence-corrected chi connectivity index (χ3v) is 5.49. The summed E-state index contributed by atoms with van der Waals surface area (Å²) in [5, 5.41) is 0. The second-order valence-corrected chi connectivity index (χ2v) is 7.43. The van der Waals surface area contributed by atoms with Gasteiger partial charge in [-0.2, -0.15) is 0 Å². The number of anilines is 1. The van der Waals surface area contributed by atoms with E-state index >= 15 is 0 Å². The van der Waals surface area contributed by atoms with Crippen molar-refractivity contribution in [2.24, 2.45) is 0 Å². The molecule has 2 aliphatic heterocycles. The number of piperazine rings is 1. The molecule has 0 atom stereocenters. The second-order valence-electron chi connectivity index (χ2n) is 7.43. The normalized spacial score (nSPS) is 15.2. The maximum atomic E-state index is 14.0. The zero-order chi connectivity index (χ0) is 23.1. The maximum absolute atomic E-state index is 14.0. The van der Waals surface area contributed by atoms with E-state index in [-0.39, 0.29) is 39.0 Å². The SMILES string of the molecule is O=C(c1c(F)c(F)cc(F)c1F)N1CCN(c2nccc(-c3ccc4c(c3)OCO4)n2)CC1. The molecule has 2 aliphatic rings. The number of rotatable bonds is 3. The van der Waals surface area contributed by atoms with Gasteiger partial charge in [-0.25, -0.2) is 27.5 Å². The van der Waals surface area contributed by atoms with Crippen LogP contribution >= 0.6 is 0 Å².